The van der Waals surface area contributed by atoms with E-state index in [9.17, 15) is 27.2 Å². The molecule has 1 N–H and O–H groups in total. The number of hydrogen-bond donors (Lipinski definition) is 1. The van der Waals surface area contributed by atoms with E-state index in [0.29, 0.717) is 6.07 Å². The Morgan fingerprint density at radius 2 is 1.90 bits per heavy atom. The van der Waals surface area contributed by atoms with Crippen LogP contribution in [0.4, 0.5) is 17.6 Å². The van der Waals surface area contributed by atoms with E-state index in [1.165, 1.54) is 31.4 Å². The van der Waals surface area contributed by atoms with Crippen LogP contribution in [0.25, 0.3) is 0 Å². The van der Waals surface area contributed by atoms with Crippen LogP contribution in [0.3, 0.4) is 0 Å². The average Bonchev–Trinajstić information content (AvgIpc) is 2.67. The summed E-state index contributed by atoms with van der Waals surface area (Å²) in [7, 11) is 1.17. The van der Waals surface area contributed by atoms with Crippen molar-refractivity contribution in [3.63, 3.8) is 0 Å². The van der Waals surface area contributed by atoms with Gasteiger partial charge in [0.05, 0.1) is 18.2 Å². The maximum absolute atomic E-state index is 13.9. The molecule has 0 bridgehead atoms. The number of alkyl halides is 3. The average molecular weight is 421 g/mol. The van der Waals surface area contributed by atoms with Crippen molar-refractivity contribution in [1.82, 2.24) is 5.32 Å². The summed E-state index contributed by atoms with van der Waals surface area (Å²) >= 11 is 0. The first kappa shape index (κ1) is 21.1. The molecule has 0 fully saturated rings. The Morgan fingerprint density at radius 3 is 2.57 bits per heavy atom. The number of hydrogen-bond acceptors (Lipinski definition) is 4. The van der Waals surface area contributed by atoms with Crippen molar-refractivity contribution in [1.29, 1.82) is 0 Å². The highest BCUT2D eigenvalue weighted by molar-refractivity contribution is 6.00. The summed E-state index contributed by atoms with van der Waals surface area (Å²) < 4.78 is 63.8. The number of benzene rings is 2. The number of allylic oxidation sites excluding steroid dienone is 3. The molecule has 1 aliphatic carbocycles. The second-order valence-electron chi connectivity index (χ2n) is 6.21. The van der Waals surface area contributed by atoms with Gasteiger partial charge in [0.2, 0.25) is 0 Å². The number of carbonyl (C=O) groups is 2. The summed E-state index contributed by atoms with van der Waals surface area (Å²) in [6, 6.07) is 5.95. The summed E-state index contributed by atoms with van der Waals surface area (Å²) in [5.74, 6) is -2.83. The van der Waals surface area contributed by atoms with Gasteiger partial charge in [-0.3, -0.25) is 9.59 Å². The van der Waals surface area contributed by atoms with E-state index in [-0.39, 0.29) is 35.0 Å². The van der Waals surface area contributed by atoms with Crippen molar-refractivity contribution in [3.8, 4) is 17.2 Å². The minimum Gasteiger partial charge on any atom is -0.490 e. The molecular formula is C21H15F4NO4. The first-order valence-corrected chi connectivity index (χ1v) is 8.63. The summed E-state index contributed by atoms with van der Waals surface area (Å²) in [5.41, 5.74) is -1.12. The number of halogens is 4. The fraction of sp³-hybridized carbons (Fsp3) is 0.143. The van der Waals surface area contributed by atoms with E-state index in [0.717, 1.165) is 18.2 Å². The molecule has 0 spiro atoms. The van der Waals surface area contributed by atoms with Crippen LogP contribution in [0.15, 0.2) is 60.3 Å². The van der Waals surface area contributed by atoms with Gasteiger partial charge in [0.15, 0.2) is 23.1 Å². The maximum Gasteiger partial charge on any atom is 0.416 e. The van der Waals surface area contributed by atoms with E-state index < -0.39 is 29.2 Å². The summed E-state index contributed by atoms with van der Waals surface area (Å²) in [6.07, 6.45) is -0.259. The number of nitrogens with one attached hydrogen (secondary N) is 1. The smallest absolute Gasteiger partial charge is 0.416 e. The van der Waals surface area contributed by atoms with Crippen LogP contribution in [-0.2, 0) is 11.0 Å². The van der Waals surface area contributed by atoms with Crippen LogP contribution in [0.1, 0.15) is 22.3 Å². The lowest BCUT2D eigenvalue weighted by Crippen LogP contribution is -2.24. The SMILES string of the molecule is COc1c(F)cccc1Oc1cc(C(F)(F)F)ccc1C(=O)NC1=CC(=O)CC=C1. The molecule has 9 heteroatoms. The molecular weight excluding hydrogens is 406 g/mol. The number of carbonyl (C=O) groups excluding carboxylic acids is 2. The molecule has 0 aliphatic heterocycles. The Bertz CT molecular complexity index is 1060. The van der Waals surface area contributed by atoms with E-state index in [1.807, 2.05) is 0 Å². The number of methoxy groups -OCH3 is 1. The lowest BCUT2D eigenvalue weighted by Gasteiger charge is -2.16. The van der Waals surface area contributed by atoms with Crippen molar-refractivity contribution in [2.24, 2.45) is 0 Å². The number of amides is 1. The molecule has 156 valence electrons. The maximum atomic E-state index is 13.9. The molecule has 0 unspecified atom stereocenters. The highest BCUT2D eigenvalue weighted by Crippen LogP contribution is 2.38. The highest BCUT2D eigenvalue weighted by atomic mass is 19.4. The first-order chi connectivity index (χ1) is 14.2. The Hall–Kier alpha value is -3.62. The molecule has 30 heavy (non-hydrogen) atoms. The van der Waals surface area contributed by atoms with Gasteiger partial charge in [-0.25, -0.2) is 4.39 Å². The van der Waals surface area contributed by atoms with Gasteiger partial charge in [-0.15, -0.1) is 0 Å². The Balaban J connectivity index is 2.01. The van der Waals surface area contributed by atoms with Crippen LogP contribution in [0, 0.1) is 5.82 Å². The molecule has 0 heterocycles. The lowest BCUT2D eigenvalue weighted by atomic mass is 10.1. The van der Waals surface area contributed by atoms with Gasteiger partial charge >= 0.3 is 6.18 Å². The van der Waals surface area contributed by atoms with Gasteiger partial charge in [-0.1, -0.05) is 12.1 Å². The molecule has 0 aromatic heterocycles. The minimum absolute atomic E-state index is 0.186. The summed E-state index contributed by atoms with van der Waals surface area (Å²) in [4.78, 5) is 24.1. The van der Waals surface area contributed by atoms with Crippen LogP contribution >= 0.6 is 0 Å². The number of para-hydroxylation sites is 1. The zero-order chi connectivity index (χ0) is 21.9. The van der Waals surface area contributed by atoms with E-state index in [2.05, 4.69) is 5.32 Å². The zero-order valence-electron chi connectivity index (χ0n) is 15.5. The fourth-order valence-corrected chi connectivity index (χ4v) is 2.72. The third-order valence-electron chi connectivity index (χ3n) is 4.10. The third kappa shape index (κ3) is 4.68. The number of ketones is 1. The molecule has 1 aliphatic rings. The van der Waals surface area contributed by atoms with Gasteiger partial charge in [0.25, 0.3) is 5.91 Å². The summed E-state index contributed by atoms with van der Waals surface area (Å²) in [6.45, 7) is 0. The molecule has 2 aromatic rings. The molecule has 5 nitrogen and oxygen atoms in total. The first-order valence-electron chi connectivity index (χ1n) is 8.63. The molecule has 2 aromatic carbocycles. The predicted molar refractivity (Wildman–Crippen MR) is 98.8 cm³/mol. The second-order valence-corrected chi connectivity index (χ2v) is 6.21. The molecule has 0 saturated carbocycles. The summed E-state index contributed by atoms with van der Waals surface area (Å²) in [5, 5.41) is 2.44. The van der Waals surface area contributed by atoms with Crippen LogP contribution in [0.5, 0.6) is 17.2 Å². The molecule has 3 rings (SSSR count). The van der Waals surface area contributed by atoms with Crippen LogP contribution in [0.2, 0.25) is 0 Å². The molecule has 0 atom stereocenters. The Labute approximate surface area is 168 Å². The topological polar surface area (TPSA) is 64.6 Å². The Kier molecular flexibility index (Phi) is 5.91. The third-order valence-corrected chi connectivity index (χ3v) is 4.10. The van der Waals surface area contributed by atoms with Crippen molar-refractivity contribution in [2.75, 3.05) is 7.11 Å². The van der Waals surface area contributed by atoms with Crippen molar-refractivity contribution in [3.05, 3.63) is 77.3 Å². The van der Waals surface area contributed by atoms with Gasteiger partial charge in [0, 0.05) is 18.2 Å². The fourth-order valence-electron chi connectivity index (χ4n) is 2.72. The minimum atomic E-state index is -4.69. The highest BCUT2D eigenvalue weighted by Gasteiger charge is 2.32. The molecule has 0 saturated heterocycles. The van der Waals surface area contributed by atoms with E-state index in [4.69, 9.17) is 9.47 Å². The normalized spacial score (nSPS) is 13.6. The number of rotatable bonds is 5. The van der Waals surface area contributed by atoms with Crippen molar-refractivity contribution in [2.45, 2.75) is 12.6 Å². The monoisotopic (exact) mass is 421 g/mol. The van der Waals surface area contributed by atoms with Gasteiger partial charge in [0.1, 0.15) is 5.75 Å². The van der Waals surface area contributed by atoms with Crippen LogP contribution < -0.4 is 14.8 Å². The van der Waals surface area contributed by atoms with Crippen LogP contribution in [-0.4, -0.2) is 18.8 Å². The van der Waals surface area contributed by atoms with Gasteiger partial charge in [-0.05, 0) is 36.4 Å². The van der Waals surface area contributed by atoms with Gasteiger partial charge < -0.3 is 14.8 Å². The van der Waals surface area contributed by atoms with E-state index >= 15 is 0 Å². The molecule has 1 amide bonds. The lowest BCUT2D eigenvalue weighted by molar-refractivity contribution is -0.137. The zero-order valence-corrected chi connectivity index (χ0v) is 15.5. The number of ether oxygens (including phenoxy) is 2. The van der Waals surface area contributed by atoms with E-state index in [1.54, 1.807) is 6.08 Å². The second kappa shape index (κ2) is 8.40. The predicted octanol–water partition coefficient (Wildman–Crippen LogP) is 4.79. The Morgan fingerprint density at radius 1 is 1.13 bits per heavy atom. The quantitative estimate of drug-likeness (QED) is 0.706. The largest absolute Gasteiger partial charge is 0.490 e. The standard InChI is InChI=1S/C21H15F4NO4/c1-29-19-16(22)6-3-7-17(19)30-18-10-12(21(23,24)25)8-9-15(18)20(28)26-13-4-2-5-14(27)11-13/h2-4,6-11H,5H2,1H3,(H,26,28). The van der Waals surface area contributed by atoms with Crippen molar-refractivity contribution < 1.29 is 36.6 Å². The van der Waals surface area contributed by atoms with Crippen molar-refractivity contribution >= 4 is 11.7 Å². The van der Waals surface area contributed by atoms with Gasteiger partial charge in [-0.2, -0.15) is 13.2 Å². The molecule has 0 radical (unpaired) electrons.